The molecule has 1 aromatic carbocycles. The monoisotopic (exact) mass is 247 g/mol. The molecular formula is C13H10FNO3. The van der Waals surface area contributed by atoms with Crippen LogP contribution in [-0.4, -0.2) is 18.5 Å². The fraction of sp³-hybridized carbons (Fsp3) is 0.231. The van der Waals surface area contributed by atoms with E-state index in [1.165, 1.54) is 6.07 Å². The van der Waals surface area contributed by atoms with Crippen molar-refractivity contribution in [3.8, 4) is 0 Å². The van der Waals surface area contributed by atoms with Crippen molar-refractivity contribution in [2.75, 3.05) is 6.61 Å². The highest BCUT2D eigenvalue weighted by atomic mass is 19.1. The van der Waals surface area contributed by atoms with E-state index in [0.29, 0.717) is 16.8 Å². The van der Waals surface area contributed by atoms with Crippen molar-refractivity contribution in [2.45, 2.75) is 12.3 Å². The lowest BCUT2D eigenvalue weighted by Crippen LogP contribution is -2.32. The SMILES string of the molecule is O=C1C[C@@H](c2ccccc2F)C2=C(COC2=O)N1. The van der Waals surface area contributed by atoms with Crippen molar-refractivity contribution in [1.82, 2.24) is 5.32 Å². The van der Waals surface area contributed by atoms with Crippen LogP contribution in [0.15, 0.2) is 35.5 Å². The third-order valence-corrected chi connectivity index (χ3v) is 3.20. The number of hydrogen-bond donors (Lipinski definition) is 1. The van der Waals surface area contributed by atoms with Gasteiger partial charge in [0.15, 0.2) is 0 Å². The first-order valence-electron chi connectivity index (χ1n) is 5.61. The first-order valence-corrected chi connectivity index (χ1v) is 5.61. The molecule has 0 fully saturated rings. The molecule has 0 aromatic heterocycles. The topological polar surface area (TPSA) is 55.4 Å². The van der Waals surface area contributed by atoms with E-state index in [-0.39, 0.29) is 18.9 Å². The Kier molecular flexibility index (Phi) is 2.40. The van der Waals surface area contributed by atoms with Gasteiger partial charge in [-0.05, 0) is 11.6 Å². The fourth-order valence-corrected chi connectivity index (χ4v) is 2.40. The quantitative estimate of drug-likeness (QED) is 0.760. The molecule has 2 aliphatic rings. The smallest absolute Gasteiger partial charge is 0.336 e. The number of cyclic esters (lactones) is 1. The number of rotatable bonds is 1. The summed E-state index contributed by atoms with van der Waals surface area (Å²) in [5.41, 5.74) is 1.20. The molecule has 92 valence electrons. The Balaban J connectivity index is 2.10. The van der Waals surface area contributed by atoms with Crippen LogP contribution in [0.4, 0.5) is 4.39 Å². The van der Waals surface area contributed by atoms with E-state index >= 15 is 0 Å². The Labute approximate surface area is 102 Å². The van der Waals surface area contributed by atoms with Crippen molar-refractivity contribution in [3.63, 3.8) is 0 Å². The highest BCUT2D eigenvalue weighted by Crippen LogP contribution is 2.37. The second-order valence-corrected chi connectivity index (χ2v) is 4.29. The summed E-state index contributed by atoms with van der Waals surface area (Å²) in [5, 5.41) is 2.60. The van der Waals surface area contributed by atoms with Gasteiger partial charge >= 0.3 is 5.97 Å². The Morgan fingerprint density at radius 2 is 2.06 bits per heavy atom. The number of carbonyl (C=O) groups is 2. The molecule has 0 saturated carbocycles. The highest BCUT2D eigenvalue weighted by molar-refractivity contribution is 5.98. The molecule has 18 heavy (non-hydrogen) atoms. The zero-order valence-electron chi connectivity index (χ0n) is 9.40. The largest absolute Gasteiger partial charge is 0.456 e. The average molecular weight is 247 g/mol. The van der Waals surface area contributed by atoms with Crippen LogP contribution < -0.4 is 5.32 Å². The molecule has 4 nitrogen and oxygen atoms in total. The van der Waals surface area contributed by atoms with Crippen molar-refractivity contribution in [2.24, 2.45) is 0 Å². The van der Waals surface area contributed by atoms with Crippen molar-refractivity contribution in [1.29, 1.82) is 0 Å². The van der Waals surface area contributed by atoms with Gasteiger partial charge in [0.2, 0.25) is 5.91 Å². The van der Waals surface area contributed by atoms with E-state index in [0.717, 1.165) is 0 Å². The third kappa shape index (κ3) is 1.59. The van der Waals surface area contributed by atoms with E-state index in [1.54, 1.807) is 18.2 Å². The first kappa shape index (κ1) is 11.0. The number of nitrogens with one attached hydrogen (secondary N) is 1. The minimum Gasteiger partial charge on any atom is -0.456 e. The van der Waals surface area contributed by atoms with Gasteiger partial charge in [0, 0.05) is 12.3 Å². The van der Waals surface area contributed by atoms with E-state index in [4.69, 9.17) is 4.74 Å². The van der Waals surface area contributed by atoms with Gasteiger partial charge < -0.3 is 10.1 Å². The van der Waals surface area contributed by atoms with Gasteiger partial charge in [-0.25, -0.2) is 9.18 Å². The van der Waals surface area contributed by atoms with Crippen molar-refractivity contribution in [3.05, 3.63) is 46.9 Å². The molecule has 0 bridgehead atoms. The first-order chi connectivity index (χ1) is 8.66. The zero-order chi connectivity index (χ0) is 12.7. The van der Waals surface area contributed by atoms with Crippen LogP contribution in [0, 0.1) is 5.82 Å². The maximum atomic E-state index is 13.8. The zero-order valence-corrected chi connectivity index (χ0v) is 9.40. The van der Waals surface area contributed by atoms with E-state index < -0.39 is 17.7 Å². The lowest BCUT2D eigenvalue weighted by molar-refractivity contribution is -0.136. The van der Waals surface area contributed by atoms with Crippen LogP contribution in [0.1, 0.15) is 17.9 Å². The highest BCUT2D eigenvalue weighted by Gasteiger charge is 2.38. The van der Waals surface area contributed by atoms with Crippen LogP contribution in [0.3, 0.4) is 0 Å². The van der Waals surface area contributed by atoms with Gasteiger partial charge in [0.1, 0.15) is 12.4 Å². The summed E-state index contributed by atoms with van der Waals surface area (Å²) < 4.78 is 18.7. The molecule has 1 N–H and O–H groups in total. The number of esters is 1. The van der Waals surface area contributed by atoms with E-state index in [2.05, 4.69) is 5.32 Å². The number of halogens is 1. The molecule has 0 radical (unpaired) electrons. The molecule has 3 rings (SSSR count). The molecule has 1 amide bonds. The van der Waals surface area contributed by atoms with Crippen LogP contribution in [-0.2, 0) is 14.3 Å². The van der Waals surface area contributed by atoms with Gasteiger partial charge in [-0.2, -0.15) is 0 Å². The van der Waals surface area contributed by atoms with Gasteiger partial charge in [0.25, 0.3) is 0 Å². The standard InChI is InChI=1S/C13H10FNO3/c14-9-4-2-1-3-7(9)8-5-11(16)15-10-6-18-13(17)12(8)10/h1-4,8H,5-6H2,(H,15,16)/t8-/m0/s1. The summed E-state index contributed by atoms with van der Waals surface area (Å²) >= 11 is 0. The molecule has 0 aliphatic carbocycles. The van der Waals surface area contributed by atoms with Gasteiger partial charge in [-0.3, -0.25) is 4.79 Å². The van der Waals surface area contributed by atoms with Crippen LogP contribution in [0.25, 0.3) is 0 Å². The Bertz CT molecular complexity index is 579. The second-order valence-electron chi connectivity index (χ2n) is 4.29. The summed E-state index contributed by atoms with van der Waals surface area (Å²) in [6.07, 6.45) is 0.0644. The summed E-state index contributed by atoms with van der Waals surface area (Å²) in [6, 6.07) is 6.17. The lowest BCUT2D eigenvalue weighted by Gasteiger charge is -2.22. The molecular weight excluding hydrogens is 237 g/mol. The minimum absolute atomic E-state index is 0.0604. The van der Waals surface area contributed by atoms with Crippen molar-refractivity contribution >= 4 is 11.9 Å². The normalized spacial score (nSPS) is 22.6. The molecule has 2 aliphatic heterocycles. The van der Waals surface area contributed by atoms with Crippen LogP contribution in [0.2, 0.25) is 0 Å². The van der Waals surface area contributed by atoms with Gasteiger partial charge in [0.05, 0.1) is 11.3 Å². The van der Waals surface area contributed by atoms with Gasteiger partial charge in [-0.1, -0.05) is 18.2 Å². The van der Waals surface area contributed by atoms with E-state index in [1.807, 2.05) is 0 Å². The maximum absolute atomic E-state index is 13.8. The number of benzene rings is 1. The molecule has 1 aromatic rings. The number of carbonyl (C=O) groups excluding carboxylic acids is 2. The Morgan fingerprint density at radius 3 is 2.83 bits per heavy atom. The summed E-state index contributed by atoms with van der Waals surface area (Å²) in [6.45, 7) is 0.0604. The van der Waals surface area contributed by atoms with Crippen LogP contribution in [0.5, 0.6) is 0 Å². The predicted molar refractivity (Wildman–Crippen MR) is 59.9 cm³/mol. The summed E-state index contributed by atoms with van der Waals surface area (Å²) in [7, 11) is 0. The third-order valence-electron chi connectivity index (χ3n) is 3.20. The molecule has 0 unspecified atom stereocenters. The molecule has 2 heterocycles. The number of amides is 1. The van der Waals surface area contributed by atoms with Gasteiger partial charge in [-0.15, -0.1) is 0 Å². The average Bonchev–Trinajstić information content (AvgIpc) is 2.71. The number of hydrogen-bond acceptors (Lipinski definition) is 3. The second kappa shape index (κ2) is 3.94. The van der Waals surface area contributed by atoms with Crippen molar-refractivity contribution < 1.29 is 18.7 Å². The Morgan fingerprint density at radius 1 is 1.28 bits per heavy atom. The number of ether oxygens (including phenoxy) is 1. The lowest BCUT2D eigenvalue weighted by atomic mass is 9.85. The fourth-order valence-electron chi connectivity index (χ4n) is 2.40. The van der Waals surface area contributed by atoms with Crippen LogP contribution >= 0.6 is 0 Å². The molecule has 5 heteroatoms. The Hall–Kier alpha value is -2.17. The minimum atomic E-state index is -0.551. The maximum Gasteiger partial charge on any atom is 0.336 e. The predicted octanol–water partition coefficient (Wildman–Crippen LogP) is 1.24. The molecule has 0 saturated heterocycles. The summed E-state index contributed by atoms with van der Waals surface area (Å²) in [4.78, 5) is 23.2. The summed E-state index contributed by atoms with van der Waals surface area (Å²) in [5.74, 6) is -1.66. The van der Waals surface area contributed by atoms with E-state index in [9.17, 15) is 14.0 Å². The molecule has 1 atom stereocenters. The molecule has 0 spiro atoms.